The minimum absolute atomic E-state index is 0.0222. The molecule has 0 aliphatic rings. The Hall–Kier alpha value is -1.53. The van der Waals surface area contributed by atoms with Crippen molar-refractivity contribution in [2.24, 2.45) is 5.73 Å². The van der Waals surface area contributed by atoms with Gasteiger partial charge in [0.2, 0.25) is 0 Å². The quantitative estimate of drug-likeness (QED) is 0.911. The summed E-state index contributed by atoms with van der Waals surface area (Å²) in [6, 6.07) is 6.44. The smallest absolute Gasteiger partial charge is 0.191 e. The Morgan fingerprint density at radius 3 is 2.25 bits per heavy atom. The van der Waals surface area contributed by atoms with Crippen molar-refractivity contribution < 1.29 is 17.9 Å². The molecule has 0 aromatic heterocycles. The highest BCUT2D eigenvalue weighted by Gasteiger charge is 2.13. The lowest BCUT2D eigenvalue weighted by Crippen LogP contribution is -2.04. The molecule has 0 bridgehead atoms. The molecule has 2 rings (SSSR count). The van der Waals surface area contributed by atoms with Crippen molar-refractivity contribution in [2.45, 2.75) is 13.2 Å². The van der Waals surface area contributed by atoms with E-state index >= 15 is 0 Å². The maximum absolute atomic E-state index is 13.7. The maximum Gasteiger partial charge on any atom is 0.191 e. The zero-order chi connectivity index (χ0) is 14.7. The van der Waals surface area contributed by atoms with Crippen LogP contribution in [0, 0.1) is 17.5 Å². The van der Waals surface area contributed by atoms with Gasteiger partial charge < -0.3 is 10.5 Å². The molecule has 0 heterocycles. The van der Waals surface area contributed by atoms with Gasteiger partial charge in [-0.25, -0.2) is 13.2 Å². The van der Waals surface area contributed by atoms with Crippen molar-refractivity contribution >= 4 is 15.9 Å². The third-order valence-corrected chi connectivity index (χ3v) is 3.17. The van der Waals surface area contributed by atoms with Crippen LogP contribution in [0.2, 0.25) is 0 Å². The zero-order valence-electron chi connectivity index (χ0n) is 10.3. The molecule has 0 atom stereocenters. The number of rotatable bonds is 4. The third kappa shape index (κ3) is 3.32. The number of ether oxygens (including phenoxy) is 1. The van der Waals surface area contributed by atoms with E-state index < -0.39 is 23.2 Å². The fourth-order valence-corrected chi connectivity index (χ4v) is 2.08. The molecule has 6 heteroatoms. The summed E-state index contributed by atoms with van der Waals surface area (Å²) in [6.45, 7) is -0.254. The predicted molar refractivity (Wildman–Crippen MR) is 72.7 cm³/mol. The van der Waals surface area contributed by atoms with Crippen molar-refractivity contribution in [1.29, 1.82) is 0 Å². The van der Waals surface area contributed by atoms with Crippen LogP contribution in [-0.2, 0) is 13.2 Å². The second kappa shape index (κ2) is 6.28. The van der Waals surface area contributed by atoms with E-state index in [1.807, 2.05) is 0 Å². The summed E-state index contributed by atoms with van der Waals surface area (Å²) in [5, 5.41) is 0. The highest BCUT2D eigenvalue weighted by molar-refractivity contribution is 9.10. The summed E-state index contributed by atoms with van der Waals surface area (Å²) in [5.41, 5.74) is 5.83. The molecule has 2 N–H and O–H groups in total. The Morgan fingerprint density at radius 2 is 1.65 bits per heavy atom. The van der Waals surface area contributed by atoms with Crippen molar-refractivity contribution in [3.05, 3.63) is 63.4 Å². The van der Waals surface area contributed by atoms with Gasteiger partial charge in [-0.05, 0) is 35.9 Å². The summed E-state index contributed by atoms with van der Waals surface area (Å²) in [4.78, 5) is 0. The topological polar surface area (TPSA) is 35.2 Å². The van der Waals surface area contributed by atoms with Gasteiger partial charge in [-0.1, -0.05) is 15.9 Å². The van der Waals surface area contributed by atoms with Crippen LogP contribution in [-0.4, -0.2) is 0 Å². The average Bonchev–Trinajstić information content (AvgIpc) is 2.41. The predicted octanol–water partition coefficient (Wildman–Crippen LogP) is 3.90. The maximum atomic E-state index is 13.7. The van der Waals surface area contributed by atoms with E-state index in [1.165, 1.54) is 18.2 Å². The van der Waals surface area contributed by atoms with Crippen LogP contribution in [0.15, 0.2) is 34.8 Å². The summed E-state index contributed by atoms with van der Waals surface area (Å²) < 4.78 is 46.5. The fraction of sp³-hybridized carbons (Fsp3) is 0.143. The van der Waals surface area contributed by atoms with Crippen LogP contribution in [0.25, 0.3) is 0 Å². The molecule has 0 unspecified atom stereocenters. The second-order valence-electron chi connectivity index (χ2n) is 4.12. The first kappa shape index (κ1) is 14.9. The molecule has 106 valence electrons. The molecule has 2 nitrogen and oxygen atoms in total. The van der Waals surface area contributed by atoms with Crippen LogP contribution in [0.1, 0.15) is 11.1 Å². The number of benzene rings is 2. The van der Waals surface area contributed by atoms with Gasteiger partial charge in [-0.2, -0.15) is 0 Å². The number of halogens is 4. The summed E-state index contributed by atoms with van der Waals surface area (Å²) in [7, 11) is 0. The number of nitrogens with two attached hydrogens (primary N) is 1. The van der Waals surface area contributed by atoms with Crippen LogP contribution in [0.4, 0.5) is 13.2 Å². The van der Waals surface area contributed by atoms with E-state index in [9.17, 15) is 13.2 Å². The molecular weight excluding hydrogens is 335 g/mol. The Labute approximate surface area is 122 Å². The Balaban J connectivity index is 2.21. The van der Waals surface area contributed by atoms with Gasteiger partial charge in [-0.3, -0.25) is 0 Å². The van der Waals surface area contributed by atoms with Gasteiger partial charge in [0, 0.05) is 16.6 Å². The van der Waals surface area contributed by atoms with E-state index in [0.717, 1.165) is 12.1 Å². The number of hydrogen-bond acceptors (Lipinski definition) is 2. The van der Waals surface area contributed by atoms with Gasteiger partial charge in [0.25, 0.3) is 0 Å². The lowest BCUT2D eigenvalue weighted by molar-refractivity contribution is 0.269. The van der Waals surface area contributed by atoms with Crippen LogP contribution in [0.5, 0.6) is 5.75 Å². The van der Waals surface area contributed by atoms with Crippen molar-refractivity contribution in [3.8, 4) is 5.75 Å². The van der Waals surface area contributed by atoms with Gasteiger partial charge in [-0.15, -0.1) is 0 Å². The summed E-state index contributed by atoms with van der Waals surface area (Å²) in [6.07, 6.45) is 0. The molecule has 0 aliphatic heterocycles. The summed E-state index contributed by atoms with van der Waals surface area (Å²) in [5.74, 6) is -2.77. The molecule has 0 amide bonds. The molecule has 0 spiro atoms. The van der Waals surface area contributed by atoms with E-state index in [-0.39, 0.29) is 18.7 Å². The fourth-order valence-electron chi connectivity index (χ4n) is 1.67. The van der Waals surface area contributed by atoms with E-state index in [4.69, 9.17) is 10.5 Å². The molecule has 2 aromatic rings. The van der Waals surface area contributed by atoms with Crippen molar-refractivity contribution in [1.82, 2.24) is 0 Å². The standard InChI is InChI=1S/C14H11BrF3NO/c15-10-1-2-11(16)9(5-10)7-20-14-12(17)3-8(6-19)4-13(14)18/h1-5H,6-7,19H2. The van der Waals surface area contributed by atoms with E-state index in [0.29, 0.717) is 10.0 Å². The lowest BCUT2D eigenvalue weighted by Gasteiger charge is -2.10. The average molecular weight is 346 g/mol. The molecule has 20 heavy (non-hydrogen) atoms. The molecule has 0 saturated carbocycles. The van der Waals surface area contributed by atoms with E-state index in [2.05, 4.69) is 15.9 Å². The van der Waals surface area contributed by atoms with Crippen LogP contribution in [0.3, 0.4) is 0 Å². The second-order valence-corrected chi connectivity index (χ2v) is 5.03. The van der Waals surface area contributed by atoms with Crippen molar-refractivity contribution in [3.63, 3.8) is 0 Å². The molecule has 0 radical (unpaired) electrons. The molecule has 0 saturated heterocycles. The first-order valence-corrected chi connectivity index (χ1v) is 6.55. The van der Waals surface area contributed by atoms with Crippen LogP contribution >= 0.6 is 15.9 Å². The summed E-state index contributed by atoms with van der Waals surface area (Å²) >= 11 is 3.19. The van der Waals surface area contributed by atoms with Gasteiger partial charge >= 0.3 is 0 Å². The highest BCUT2D eigenvalue weighted by Crippen LogP contribution is 2.25. The minimum atomic E-state index is -0.860. The normalized spacial score (nSPS) is 10.7. The lowest BCUT2D eigenvalue weighted by atomic mass is 10.2. The first-order chi connectivity index (χ1) is 9.51. The SMILES string of the molecule is NCc1cc(F)c(OCc2cc(Br)ccc2F)c(F)c1. The van der Waals surface area contributed by atoms with Gasteiger partial charge in [0.1, 0.15) is 12.4 Å². The van der Waals surface area contributed by atoms with Crippen LogP contribution < -0.4 is 10.5 Å². The Morgan fingerprint density at radius 1 is 1.00 bits per heavy atom. The van der Waals surface area contributed by atoms with E-state index in [1.54, 1.807) is 0 Å². The largest absolute Gasteiger partial charge is 0.483 e. The third-order valence-electron chi connectivity index (χ3n) is 2.67. The Kier molecular flexibility index (Phi) is 4.67. The minimum Gasteiger partial charge on any atom is -0.483 e. The molecular formula is C14H11BrF3NO. The first-order valence-electron chi connectivity index (χ1n) is 5.76. The molecule has 0 fully saturated rings. The monoisotopic (exact) mass is 345 g/mol. The van der Waals surface area contributed by atoms with Gasteiger partial charge in [0.05, 0.1) is 0 Å². The number of hydrogen-bond donors (Lipinski definition) is 1. The zero-order valence-corrected chi connectivity index (χ0v) is 11.9. The van der Waals surface area contributed by atoms with Gasteiger partial charge in [0.15, 0.2) is 17.4 Å². The Bertz CT molecular complexity index is 611. The molecule has 2 aromatic carbocycles. The molecule has 0 aliphatic carbocycles. The van der Waals surface area contributed by atoms with Crippen molar-refractivity contribution in [2.75, 3.05) is 0 Å². The highest BCUT2D eigenvalue weighted by atomic mass is 79.9.